The zero-order valence-corrected chi connectivity index (χ0v) is 18.5. The molecule has 1 unspecified atom stereocenters. The molecule has 0 radical (unpaired) electrons. The number of thioether (sulfide) groups is 1. The lowest BCUT2D eigenvalue weighted by atomic mass is 10.2. The fourth-order valence-corrected chi connectivity index (χ4v) is 3.71. The van der Waals surface area contributed by atoms with Crippen molar-refractivity contribution in [3.05, 3.63) is 54.6 Å². The number of amides is 2. The molecule has 7 nitrogen and oxygen atoms in total. The minimum atomic E-state index is -0.633. The average molecular weight is 444 g/mol. The highest BCUT2D eigenvalue weighted by molar-refractivity contribution is 7.98. The Morgan fingerprint density at radius 3 is 2.65 bits per heavy atom. The van der Waals surface area contributed by atoms with Crippen molar-refractivity contribution in [3.8, 4) is 5.75 Å². The van der Waals surface area contributed by atoms with Gasteiger partial charge in [0.1, 0.15) is 11.8 Å². The van der Waals surface area contributed by atoms with Gasteiger partial charge in [-0.1, -0.05) is 24.3 Å². The molecule has 3 rings (SSSR count). The van der Waals surface area contributed by atoms with Gasteiger partial charge in [0, 0.05) is 24.5 Å². The molecule has 1 saturated heterocycles. The summed E-state index contributed by atoms with van der Waals surface area (Å²) in [6, 6.07) is 16.2. The molecule has 0 saturated carbocycles. The Kier molecular flexibility index (Phi) is 9.05. The van der Waals surface area contributed by atoms with Gasteiger partial charge in [-0.25, -0.2) is 0 Å². The van der Waals surface area contributed by atoms with Crippen molar-refractivity contribution in [2.24, 2.45) is 0 Å². The smallest absolute Gasteiger partial charge is 0.258 e. The van der Waals surface area contributed by atoms with Crippen LogP contribution in [0.3, 0.4) is 0 Å². The summed E-state index contributed by atoms with van der Waals surface area (Å²) in [5, 5.41) is 5.75. The number of para-hydroxylation sites is 1. The first-order valence-electron chi connectivity index (χ1n) is 10.4. The van der Waals surface area contributed by atoms with Crippen LogP contribution < -0.4 is 20.3 Å². The summed E-state index contributed by atoms with van der Waals surface area (Å²) in [6.07, 6.45) is 2.51. The molecule has 2 aromatic rings. The monoisotopic (exact) mass is 443 g/mol. The number of ether oxygens (including phenoxy) is 2. The van der Waals surface area contributed by atoms with E-state index in [-0.39, 0.29) is 18.4 Å². The van der Waals surface area contributed by atoms with E-state index in [1.807, 2.05) is 48.7 Å². The summed E-state index contributed by atoms with van der Waals surface area (Å²) >= 11 is 1.63. The first-order valence-corrected chi connectivity index (χ1v) is 11.7. The SMILES string of the molecule is CSCCC(NC(=O)COc1ccccc1)C(=O)Nc1cccc(N2CCOCC2)c1. The van der Waals surface area contributed by atoms with Gasteiger partial charge in [0.25, 0.3) is 5.91 Å². The largest absolute Gasteiger partial charge is 0.484 e. The van der Waals surface area contributed by atoms with E-state index in [1.165, 1.54) is 0 Å². The number of nitrogens with zero attached hydrogens (tertiary/aromatic N) is 1. The fourth-order valence-electron chi connectivity index (χ4n) is 3.24. The van der Waals surface area contributed by atoms with Crippen LogP contribution in [0.4, 0.5) is 11.4 Å². The number of carbonyl (C=O) groups excluding carboxylic acids is 2. The molecule has 31 heavy (non-hydrogen) atoms. The minimum absolute atomic E-state index is 0.139. The second kappa shape index (κ2) is 12.2. The summed E-state index contributed by atoms with van der Waals surface area (Å²) in [7, 11) is 0. The number of anilines is 2. The van der Waals surface area contributed by atoms with Crippen molar-refractivity contribution in [1.82, 2.24) is 5.32 Å². The van der Waals surface area contributed by atoms with Crippen LogP contribution in [0.15, 0.2) is 54.6 Å². The highest BCUT2D eigenvalue weighted by Crippen LogP contribution is 2.21. The number of nitrogens with one attached hydrogen (secondary N) is 2. The Morgan fingerprint density at radius 2 is 1.90 bits per heavy atom. The average Bonchev–Trinajstić information content (AvgIpc) is 2.81. The van der Waals surface area contributed by atoms with Crippen LogP contribution in [-0.4, -0.2) is 62.8 Å². The second-order valence-electron chi connectivity index (χ2n) is 7.14. The van der Waals surface area contributed by atoms with Gasteiger partial charge < -0.3 is 25.0 Å². The molecule has 0 bridgehead atoms. The third-order valence-electron chi connectivity index (χ3n) is 4.87. The first-order chi connectivity index (χ1) is 15.2. The van der Waals surface area contributed by atoms with E-state index < -0.39 is 6.04 Å². The van der Waals surface area contributed by atoms with Gasteiger partial charge in [-0.05, 0) is 48.8 Å². The van der Waals surface area contributed by atoms with Gasteiger partial charge in [-0.15, -0.1) is 0 Å². The van der Waals surface area contributed by atoms with Gasteiger partial charge in [0.2, 0.25) is 5.91 Å². The Bertz CT molecular complexity index is 844. The van der Waals surface area contributed by atoms with Crippen LogP contribution in [0.5, 0.6) is 5.75 Å². The third-order valence-corrected chi connectivity index (χ3v) is 5.51. The minimum Gasteiger partial charge on any atom is -0.484 e. The lowest BCUT2D eigenvalue weighted by molar-refractivity contribution is -0.127. The van der Waals surface area contributed by atoms with Crippen LogP contribution in [0.2, 0.25) is 0 Å². The van der Waals surface area contributed by atoms with E-state index in [0.717, 1.165) is 24.5 Å². The van der Waals surface area contributed by atoms with Gasteiger partial charge >= 0.3 is 0 Å². The summed E-state index contributed by atoms with van der Waals surface area (Å²) < 4.78 is 10.9. The van der Waals surface area contributed by atoms with Crippen molar-refractivity contribution in [2.45, 2.75) is 12.5 Å². The third kappa shape index (κ3) is 7.48. The maximum absolute atomic E-state index is 12.9. The van der Waals surface area contributed by atoms with Crippen molar-refractivity contribution in [3.63, 3.8) is 0 Å². The molecule has 0 spiro atoms. The summed E-state index contributed by atoms with van der Waals surface area (Å²) in [5.74, 6) is 0.808. The predicted molar refractivity (Wildman–Crippen MR) is 125 cm³/mol. The summed E-state index contributed by atoms with van der Waals surface area (Å²) in [5.41, 5.74) is 1.75. The number of benzene rings is 2. The highest BCUT2D eigenvalue weighted by atomic mass is 32.2. The van der Waals surface area contributed by atoms with E-state index in [1.54, 1.807) is 23.9 Å². The molecule has 1 aliphatic rings. The molecule has 1 heterocycles. The van der Waals surface area contributed by atoms with Crippen molar-refractivity contribution < 1.29 is 19.1 Å². The van der Waals surface area contributed by atoms with Gasteiger partial charge in [-0.3, -0.25) is 9.59 Å². The van der Waals surface area contributed by atoms with Crippen LogP contribution in [0.1, 0.15) is 6.42 Å². The molecule has 166 valence electrons. The van der Waals surface area contributed by atoms with Crippen LogP contribution in [-0.2, 0) is 14.3 Å². The molecule has 2 N–H and O–H groups in total. The maximum Gasteiger partial charge on any atom is 0.258 e. The first kappa shape index (κ1) is 23.0. The number of carbonyl (C=O) groups is 2. The highest BCUT2D eigenvalue weighted by Gasteiger charge is 2.21. The van der Waals surface area contributed by atoms with Crippen molar-refractivity contribution in [1.29, 1.82) is 0 Å². The van der Waals surface area contributed by atoms with E-state index in [2.05, 4.69) is 15.5 Å². The van der Waals surface area contributed by atoms with Crippen molar-refractivity contribution >= 4 is 35.0 Å². The van der Waals surface area contributed by atoms with E-state index >= 15 is 0 Å². The molecule has 2 amide bonds. The number of hydrogen-bond acceptors (Lipinski definition) is 6. The van der Waals surface area contributed by atoms with Gasteiger partial charge in [0.15, 0.2) is 6.61 Å². The second-order valence-corrected chi connectivity index (χ2v) is 8.13. The predicted octanol–water partition coefficient (Wildman–Crippen LogP) is 2.78. The lowest BCUT2D eigenvalue weighted by Gasteiger charge is -2.29. The molecule has 1 atom stereocenters. The lowest BCUT2D eigenvalue weighted by Crippen LogP contribution is -2.45. The quantitative estimate of drug-likeness (QED) is 0.588. The molecular weight excluding hydrogens is 414 g/mol. The van der Waals surface area contributed by atoms with E-state index in [9.17, 15) is 9.59 Å². The molecule has 2 aromatic carbocycles. The topological polar surface area (TPSA) is 79.9 Å². The zero-order chi connectivity index (χ0) is 21.9. The van der Waals surface area contributed by atoms with Gasteiger partial charge in [-0.2, -0.15) is 11.8 Å². The number of morpholine rings is 1. The molecule has 0 aromatic heterocycles. The Morgan fingerprint density at radius 1 is 1.13 bits per heavy atom. The Labute approximate surface area is 187 Å². The fraction of sp³-hybridized carbons (Fsp3) is 0.391. The Balaban J connectivity index is 1.58. The summed E-state index contributed by atoms with van der Waals surface area (Å²) in [4.78, 5) is 27.5. The molecule has 1 aliphatic heterocycles. The standard InChI is InChI=1S/C23H29N3O4S/c1-31-15-10-21(25-22(27)17-30-20-8-3-2-4-9-20)23(28)24-18-6-5-7-19(16-18)26-11-13-29-14-12-26/h2-9,16,21H,10-15,17H2,1H3,(H,24,28)(H,25,27). The van der Waals surface area contributed by atoms with Gasteiger partial charge in [0.05, 0.1) is 13.2 Å². The molecule has 8 heteroatoms. The molecular formula is C23H29N3O4S. The molecule has 0 aliphatic carbocycles. The number of hydrogen-bond donors (Lipinski definition) is 2. The Hall–Kier alpha value is -2.71. The van der Waals surface area contributed by atoms with Crippen LogP contribution >= 0.6 is 11.8 Å². The summed E-state index contributed by atoms with van der Waals surface area (Å²) in [6.45, 7) is 2.91. The molecule has 1 fully saturated rings. The number of rotatable bonds is 10. The van der Waals surface area contributed by atoms with Crippen LogP contribution in [0.25, 0.3) is 0 Å². The van der Waals surface area contributed by atoms with Crippen molar-refractivity contribution in [2.75, 3.05) is 55.1 Å². The maximum atomic E-state index is 12.9. The van der Waals surface area contributed by atoms with E-state index in [0.29, 0.717) is 31.1 Å². The zero-order valence-electron chi connectivity index (χ0n) is 17.7. The normalized spacial score (nSPS) is 14.5. The van der Waals surface area contributed by atoms with E-state index in [4.69, 9.17) is 9.47 Å². The van der Waals surface area contributed by atoms with Crippen LogP contribution in [0, 0.1) is 0 Å².